The van der Waals surface area contributed by atoms with E-state index >= 15 is 0 Å². The Labute approximate surface area is 150 Å². The molecule has 3 aromatic rings. The zero-order valence-corrected chi connectivity index (χ0v) is 14.2. The van der Waals surface area contributed by atoms with E-state index in [1.54, 1.807) is 18.2 Å². The van der Waals surface area contributed by atoms with Crippen LogP contribution in [0.3, 0.4) is 0 Å². The molecule has 1 aliphatic rings. The van der Waals surface area contributed by atoms with Crippen molar-refractivity contribution in [1.82, 2.24) is 9.97 Å². The third-order valence-corrected chi connectivity index (χ3v) is 4.72. The average Bonchev–Trinajstić information content (AvgIpc) is 2.67. The second-order valence-corrected chi connectivity index (χ2v) is 6.48. The summed E-state index contributed by atoms with van der Waals surface area (Å²) in [6.07, 6.45) is 3.40. The maximum Gasteiger partial charge on any atom is 0.139 e. The van der Waals surface area contributed by atoms with Gasteiger partial charge in [-0.25, -0.2) is 18.7 Å². The Bertz CT molecular complexity index is 893. The number of benzene rings is 2. The number of aromatic nitrogens is 2. The largest absolute Gasteiger partial charge is 0.373 e. The van der Waals surface area contributed by atoms with Crippen LogP contribution in [0.2, 0.25) is 0 Å². The van der Waals surface area contributed by atoms with E-state index in [-0.39, 0.29) is 17.7 Å². The van der Waals surface area contributed by atoms with Gasteiger partial charge in [0, 0.05) is 18.5 Å². The molecule has 0 amide bonds. The fourth-order valence-electron chi connectivity index (χ4n) is 3.30. The maximum atomic E-state index is 13.6. The van der Waals surface area contributed by atoms with E-state index in [1.807, 2.05) is 0 Å². The van der Waals surface area contributed by atoms with Crippen LogP contribution in [-0.2, 0) is 11.3 Å². The van der Waals surface area contributed by atoms with Crippen molar-refractivity contribution in [3.63, 3.8) is 0 Å². The van der Waals surface area contributed by atoms with Crippen LogP contribution in [0.15, 0.2) is 48.8 Å². The molecule has 1 fully saturated rings. The first-order valence-corrected chi connectivity index (χ1v) is 8.70. The standard InChI is InChI=1S/C20H19F2N3O/c21-15-3-1-14(2-4-15)12-26-17-7-9-25(10-8-17)20-18-11-16(22)5-6-19(18)23-13-24-20/h1-6,11,13,17H,7-10,12H2. The Morgan fingerprint density at radius 1 is 0.962 bits per heavy atom. The number of piperidine rings is 1. The van der Waals surface area contributed by atoms with Crippen LogP contribution in [0, 0.1) is 11.6 Å². The lowest BCUT2D eigenvalue weighted by Crippen LogP contribution is -2.37. The fraction of sp³-hybridized carbons (Fsp3) is 0.300. The van der Waals surface area contributed by atoms with Crippen LogP contribution < -0.4 is 4.90 Å². The highest BCUT2D eigenvalue weighted by molar-refractivity contribution is 5.89. The van der Waals surface area contributed by atoms with E-state index in [1.165, 1.54) is 30.6 Å². The van der Waals surface area contributed by atoms with E-state index in [2.05, 4.69) is 14.9 Å². The highest BCUT2D eigenvalue weighted by Crippen LogP contribution is 2.27. The smallest absolute Gasteiger partial charge is 0.139 e. The van der Waals surface area contributed by atoms with Crippen LogP contribution in [-0.4, -0.2) is 29.2 Å². The molecule has 4 nitrogen and oxygen atoms in total. The van der Waals surface area contributed by atoms with Crippen molar-refractivity contribution < 1.29 is 13.5 Å². The fourth-order valence-corrected chi connectivity index (χ4v) is 3.30. The molecule has 6 heteroatoms. The van der Waals surface area contributed by atoms with Crippen LogP contribution in [0.25, 0.3) is 10.9 Å². The second-order valence-electron chi connectivity index (χ2n) is 6.48. The van der Waals surface area contributed by atoms with Crippen molar-refractivity contribution in [2.45, 2.75) is 25.6 Å². The van der Waals surface area contributed by atoms with Gasteiger partial charge in [-0.2, -0.15) is 0 Å². The third-order valence-electron chi connectivity index (χ3n) is 4.72. The number of hydrogen-bond donors (Lipinski definition) is 0. The molecule has 0 bridgehead atoms. The Balaban J connectivity index is 1.39. The van der Waals surface area contributed by atoms with Gasteiger partial charge in [0.05, 0.1) is 18.2 Å². The highest BCUT2D eigenvalue weighted by atomic mass is 19.1. The van der Waals surface area contributed by atoms with Crippen molar-refractivity contribution in [3.05, 3.63) is 66.0 Å². The molecule has 2 aromatic carbocycles. The molecule has 0 N–H and O–H groups in total. The van der Waals surface area contributed by atoms with Crippen LogP contribution >= 0.6 is 0 Å². The monoisotopic (exact) mass is 355 g/mol. The van der Waals surface area contributed by atoms with Gasteiger partial charge in [0.25, 0.3) is 0 Å². The lowest BCUT2D eigenvalue weighted by molar-refractivity contribution is 0.0250. The van der Waals surface area contributed by atoms with Gasteiger partial charge in [-0.05, 0) is 48.7 Å². The molecule has 134 valence electrons. The molecule has 0 unspecified atom stereocenters. The summed E-state index contributed by atoms with van der Waals surface area (Å²) >= 11 is 0. The summed E-state index contributed by atoms with van der Waals surface area (Å²) in [6, 6.07) is 10.9. The number of halogens is 2. The quantitative estimate of drug-likeness (QED) is 0.706. The number of fused-ring (bicyclic) bond motifs is 1. The molecule has 0 atom stereocenters. The van der Waals surface area contributed by atoms with Crippen molar-refractivity contribution in [1.29, 1.82) is 0 Å². The van der Waals surface area contributed by atoms with Gasteiger partial charge in [0.1, 0.15) is 23.8 Å². The molecule has 1 aromatic heterocycles. The highest BCUT2D eigenvalue weighted by Gasteiger charge is 2.22. The van der Waals surface area contributed by atoms with Crippen molar-refractivity contribution in [3.8, 4) is 0 Å². The third kappa shape index (κ3) is 3.65. The minimum absolute atomic E-state index is 0.154. The Kier molecular flexibility index (Phi) is 4.75. The number of anilines is 1. The molecule has 1 saturated heterocycles. The van der Waals surface area contributed by atoms with E-state index < -0.39 is 0 Å². The summed E-state index contributed by atoms with van der Waals surface area (Å²) in [4.78, 5) is 10.7. The van der Waals surface area contributed by atoms with Crippen LogP contribution in [0.4, 0.5) is 14.6 Å². The first-order chi connectivity index (χ1) is 12.7. The Morgan fingerprint density at radius 3 is 2.46 bits per heavy atom. The zero-order valence-electron chi connectivity index (χ0n) is 14.2. The van der Waals surface area contributed by atoms with Crippen molar-refractivity contribution >= 4 is 16.7 Å². The molecule has 0 saturated carbocycles. The summed E-state index contributed by atoms with van der Waals surface area (Å²) in [6.45, 7) is 2.06. The molecule has 4 rings (SSSR count). The molecule has 2 heterocycles. The second kappa shape index (κ2) is 7.33. The molecule has 0 radical (unpaired) electrons. The predicted octanol–water partition coefficient (Wildman–Crippen LogP) is 4.09. The van der Waals surface area contributed by atoms with E-state index in [9.17, 15) is 8.78 Å². The van der Waals surface area contributed by atoms with E-state index in [0.717, 1.165) is 48.2 Å². The summed E-state index contributed by atoms with van der Waals surface area (Å²) in [5, 5.41) is 0.734. The first kappa shape index (κ1) is 16.8. The minimum atomic E-state index is -0.286. The summed E-state index contributed by atoms with van der Waals surface area (Å²) in [5.74, 6) is 0.244. The molecular weight excluding hydrogens is 336 g/mol. The Morgan fingerprint density at radius 2 is 1.69 bits per heavy atom. The van der Waals surface area contributed by atoms with Gasteiger partial charge in [-0.3, -0.25) is 0 Å². The number of nitrogens with zero attached hydrogens (tertiary/aromatic N) is 3. The van der Waals surface area contributed by atoms with Gasteiger partial charge < -0.3 is 9.64 Å². The zero-order chi connectivity index (χ0) is 17.9. The number of ether oxygens (including phenoxy) is 1. The lowest BCUT2D eigenvalue weighted by atomic mass is 10.1. The average molecular weight is 355 g/mol. The van der Waals surface area contributed by atoms with Gasteiger partial charge in [-0.15, -0.1) is 0 Å². The van der Waals surface area contributed by atoms with Gasteiger partial charge in [-0.1, -0.05) is 12.1 Å². The molecular formula is C20H19F2N3O. The SMILES string of the molecule is Fc1ccc(COC2CCN(c3ncnc4ccc(F)cc34)CC2)cc1. The Hall–Kier alpha value is -2.60. The van der Waals surface area contributed by atoms with Gasteiger partial charge in [0.2, 0.25) is 0 Å². The molecule has 0 aliphatic carbocycles. The first-order valence-electron chi connectivity index (χ1n) is 8.70. The normalized spacial score (nSPS) is 15.5. The topological polar surface area (TPSA) is 38.2 Å². The van der Waals surface area contributed by atoms with E-state index in [4.69, 9.17) is 4.74 Å². The van der Waals surface area contributed by atoms with Gasteiger partial charge >= 0.3 is 0 Å². The maximum absolute atomic E-state index is 13.6. The minimum Gasteiger partial charge on any atom is -0.373 e. The summed E-state index contributed by atoms with van der Waals surface area (Å²) in [5.41, 5.74) is 1.71. The lowest BCUT2D eigenvalue weighted by Gasteiger charge is -2.33. The number of rotatable bonds is 4. The summed E-state index contributed by atoms with van der Waals surface area (Å²) in [7, 11) is 0. The molecule has 26 heavy (non-hydrogen) atoms. The van der Waals surface area contributed by atoms with Crippen LogP contribution in [0.5, 0.6) is 0 Å². The van der Waals surface area contributed by atoms with Crippen LogP contribution in [0.1, 0.15) is 18.4 Å². The van der Waals surface area contributed by atoms with Gasteiger partial charge in [0.15, 0.2) is 0 Å². The molecule has 1 aliphatic heterocycles. The number of hydrogen-bond acceptors (Lipinski definition) is 4. The summed E-state index contributed by atoms with van der Waals surface area (Å²) < 4.78 is 32.5. The predicted molar refractivity (Wildman–Crippen MR) is 95.9 cm³/mol. The van der Waals surface area contributed by atoms with Crippen molar-refractivity contribution in [2.24, 2.45) is 0 Å². The molecule has 0 spiro atoms. The van der Waals surface area contributed by atoms with Crippen molar-refractivity contribution in [2.75, 3.05) is 18.0 Å². The van der Waals surface area contributed by atoms with E-state index in [0.29, 0.717) is 6.61 Å².